The molecule has 0 spiro atoms. The van der Waals surface area contributed by atoms with Crippen LogP contribution in [0.25, 0.3) is 0 Å². The molecule has 1 fully saturated rings. The van der Waals surface area contributed by atoms with Crippen molar-refractivity contribution in [2.75, 3.05) is 13.1 Å². The molecule has 3 heteroatoms. The molecular formula is C16H25ClN2. The Morgan fingerprint density at radius 2 is 2.05 bits per heavy atom. The van der Waals surface area contributed by atoms with Crippen LogP contribution in [0.5, 0.6) is 0 Å². The molecular weight excluding hydrogens is 256 g/mol. The van der Waals surface area contributed by atoms with Gasteiger partial charge in [-0.05, 0) is 57.3 Å². The van der Waals surface area contributed by atoms with Crippen molar-refractivity contribution in [3.63, 3.8) is 0 Å². The van der Waals surface area contributed by atoms with Crippen LogP contribution >= 0.6 is 11.6 Å². The topological polar surface area (TPSA) is 29.3 Å². The average molecular weight is 281 g/mol. The molecule has 0 aliphatic carbocycles. The van der Waals surface area contributed by atoms with Crippen LogP contribution in [0.15, 0.2) is 24.3 Å². The summed E-state index contributed by atoms with van der Waals surface area (Å²) in [5.74, 6) is 0.504. The lowest BCUT2D eigenvalue weighted by atomic mass is 9.88. The van der Waals surface area contributed by atoms with Crippen LogP contribution in [-0.4, -0.2) is 24.0 Å². The molecule has 0 amide bonds. The van der Waals surface area contributed by atoms with Crippen molar-refractivity contribution < 1.29 is 0 Å². The molecule has 0 radical (unpaired) electrons. The monoisotopic (exact) mass is 280 g/mol. The number of nitrogens with zero attached hydrogens (tertiary/aromatic N) is 1. The molecule has 1 heterocycles. The highest BCUT2D eigenvalue weighted by molar-refractivity contribution is 6.31. The lowest BCUT2D eigenvalue weighted by Gasteiger charge is -2.38. The standard InChI is InChI=1S/C16H25ClN2/c1-12(2)19-10-6-5-7-13(11-18)16(19)14-8-3-4-9-15(14)17/h3-4,8-9,12-13,16H,5-7,10-11,18H2,1-2H3. The summed E-state index contributed by atoms with van der Waals surface area (Å²) < 4.78 is 0. The van der Waals surface area contributed by atoms with E-state index in [9.17, 15) is 0 Å². The highest BCUT2D eigenvalue weighted by atomic mass is 35.5. The van der Waals surface area contributed by atoms with E-state index in [1.807, 2.05) is 12.1 Å². The second-order valence-electron chi connectivity index (χ2n) is 5.79. The van der Waals surface area contributed by atoms with E-state index in [2.05, 4.69) is 30.9 Å². The zero-order valence-corrected chi connectivity index (χ0v) is 12.7. The fourth-order valence-corrected chi connectivity index (χ4v) is 3.49. The fraction of sp³-hybridized carbons (Fsp3) is 0.625. The Balaban J connectivity index is 2.40. The molecule has 0 saturated carbocycles. The van der Waals surface area contributed by atoms with Crippen LogP contribution in [0.3, 0.4) is 0 Å². The molecule has 106 valence electrons. The fourth-order valence-electron chi connectivity index (χ4n) is 3.24. The molecule has 1 aliphatic rings. The van der Waals surface area contributed by atoms with Crippen LogP contribution in [0, 0.1) is 5.92 Å². The molecule has 0 bridgehead atoms. The summed E-state index contributed by atoms with van der Waals surface area (Å²) >= 11 is 6.44. The molecule has 0 aromatic heterocycles. The average Bonchev–Trinajstić information content (AvgIpc) is 2.61. The minimum absolute atomic E-state index is 0.362. The van der Waals surface area contributed by atoms with Crippen molar-refractivity contribution in [3.8, 4) is 0 Å². The Bertz CT molecular complexity index is 405. The Kier molecular flexibility index (Phi) is 5.26. The third-order valence-electron chi connectivity index (χ3n) is 4.23. The maximum Gasteiger partial charge on any atom is 0.0453 e. The zero-order chi connectivity index (χ0) is 13.8. The highest BCUT2D eigenvalue weighted by Gasteiger charge is 2.32. The van der Waals surface area contributed by atoms with Gasteiger partial charge in [-0.1, -0.05) is 36.2 Å². The largest absolute Gasteiger partial charge is 0.330 e. The van der Waals surface area contributed by atoms with Crippen molar-refractivity contribution >= 4 is 11.6 Å². The van der Waals surface area contributed by atoms with Gasteiger partial charge in [0.15, 0.2) is 0 Å². The summed E-state index contributed by atoms with van der Waals surface area (Å²) in [4.78, 5) is 2.58. The molecule has 2 unspecified atom stereocenters. The second-order valence-corrected chi connectivity index (χ2v) is 6.20. The number of hydrogen-bond donors (Lipinski definition) is 1. The van der Waals surface area contributed by atoms with E-state index in [0.717, 1.165) is 18.1 Å². The van der Waals surface area contributed by atoms with E-state index < -0.39 is 0 Å². The first kappa shape index (κ1) is 14.8. The molecule has 1 aromatic rings. The molecule has 2 rings (SSSR count). The third-order valence-corrected chi connectivity index (χ3v) is 4.58. The molecule has 1 aromatic carbocycles. The van der Waals surface area contributed by atoms with Crippen molar-refractivity contribution in [1.29, 1.82) is 0 Å². The zero-order valence-electron chi connectivity index (χ0n) is 12.0. The summed E-state index contributed by atoms with van der Waals surface area (Å²) in [5.41, 5.74) is 7.29. The summed E-state index contributed by atoms with van der Waals surface area (Å²) in [6, 6.07) is 9.12. The smallest absolute Gasteiger partial charge is 0.0453 e. The van der Waals surface area contributed by atoms with E-state index in [1.165, 1.54) is 24.8 Å². The lowest BCUT2D eigenvalue weighted by Crippen LogP contribution is -2.40. The quantitative estimate of drug-likeness (QED) is 0.911. The Hall–Kier alpha value is -0.570. The first-order valence-corrected chi connectivity index (χ1v) is 7.73. The van der Waals surface area contributed by atoms with Crippen LogP contribution in [0.4, 0.5) is 0 Å². The summed E-state index contributed by atoms with van der Waals surface area (Å²) in [7, 11) is 0. The highest BCUT2D eigenvalue weighted by Crippen LogP contribution is 2.38. The van der Waals surface area contributed by atoms with E-state index >= 15 is 0 Å². The number of rotatable bonds is 3. The second kappa shape index (κ2) is 6.74. The Morgan fingerprint density at radius 1 is 1.32 bits per heavy atom. The predicted octanol–water partition coefficient (Wildman–Crippen LogP) is 3.85. The lowest BCUT2D eigenvalue weighted by molar-refractivity contribution is 0.121. The molecule has 1 aliphatic heterocycles. The van der Waals surface area contributed by atoms with Gasteiger partial charge >= 0.3 is 0 Å². The molecule has 2 atom stereocenters. The number of hydrogen-bond acceptors (Lipinski definition) is 2. The number of halogens is 1. The van der Waals surface area contributed by atoms with Gasteiger partial charge in [0.2, 0.25) is 0 Å². The first-order valence-electron chi connectivity index (χ1n) is 7.35. The maximum atomic E-state index is 6.44. The Labute approximate surface area is 121 Å². The molecule has 1 saturated heterocycles. The maximum absolute atomic E-state index is 6.44. The predicted molar refractivity (Wildman–Crippen MR) is 82.4 cm³/mol. The van der Waals surface area contributed by atoms with Gasteiger partial charge in [0.05, 0.1) is 0 Å². The number of nitrogens with two attached hydrogens (primary N) is 1. The van der Waals surface area contributed by atoms with Gasteiger partial charge in [-0.3, -0.25) is 4.90 Å². The number of likely N-dealkylation sites (tertiary alicyclic amines) is 1. The summed E-state index contributed by atoms with van der Waals surface area (Å²) in [6.07, 6.45) is 3.73. The summed E-state index contributed by atoms with van der Waals surface area (Å²) in [6.45, 7) is 6.41. The van der Waals surface area contributed by atoms with Gasteiger partial charge < -0.3 is 5.73 Å². The normalized spacial score (nSPS) is 25.5. The first-order chi connectivity index (χ1) is 9.15. The van der Waals surface area contributed by atoms with Gasteiger partial charge in [-0.25, -0.2) is 0 Å². The van der Waals surface area contributed by atoms with Crippen LogP contribution in [-0.2, 0) is 0 Å². The van der Waals surface area contributed by atoms with E-state index in [-0.39, 0.29) is 0 Å². The molecule has 19 heavy (non-hydrogen) atoms. The Morgan fingerprint density at radius 3 is 2.68 bits per heavy atom. The van der Waals surface area contributed by atoms with Gasteiger partial charge in [0, 0.05) is 17.1 Å². The van der Waals surface area contributed by atoms with Gasteiger partial charge in [-0.15, -0.1) is 0 Å². The van der Waals surface area contributed by atoms with Crippen molar-refractivity contribution in [2.24, 2.45) is 11.7 Å². The van der Waals surface area contributed by atoms with Crippen molar-refractivity contribution in [2.45, 2.75) is 45.2 Å². The van der Waals surface area contributed by atoms with E-state index in [4.69, 9.17) is 17.3 Å². The molecule has 2 nitrogen and oxygen atoms in total. The van der Waals surface area contributed by atoms with Gasteiger partial charge in [-0.2, -0.15) is 0 Å². The van der Waals surface area contributed by atoms with Gasteiger partial charge in [0.1, 0.15) is 0 Å². The van der Waals surface area contributed by atoms with Crippen LogP contribution in [0.1, 0.15) is 44.7 Å². The van der Waals surface area contributed by atoms with Crippen LogP contribution < -0.4 is 5.73 Å². The van der Waals surface area contributed by atoms with Crippen molar-refractivity contribution in [3.05, 3.63) is 34.9 Å². The minimum atomic E-state index is 0.362. The van der Waals surface area contributed by atoms with Gasteiger partial charge in [0.25, 0.3) is 0 Å². The minimum Gasteiger partial charge on any atom is -0.330 e. The molecule has 2 N–H and O–H groups in total. The third kappa shape index (κ3) is 3.31. The van der Waals surface area contributed by atoms with E-state index in [1.54, 1.807) is 0 Å². The van der Waals surface area contributed by atoms with E-state index in [0.29, 0.717) is 18.0 Å². The number of benzene rings is 1. The SMILES string of the molecule is CC(C)N1CCCCC(CN)C1c1ccccc1Cl. The summed E-state index contributed by atoms with van der Waals surface area (Å²) in [5, 5.41) is 0.874. The van der Waals surface area contributed by atoms with Crippen LogP contribution in [0.2, 0.25) is 5.02 Å². The van der Waals surface area contributed by atoms with Crippen molar-refractivity contribution in [1.82, 2.24) is 4.90 Å².